The Kier molecular flexibility index (Phi) is 17.0. The van der Waals surface area contributed by atoms with E-state index in [0.717, 1.165) is 42.5 Å². The SMILES string of the molecule is CCC(C)[C@H](NC(=O)[C@H]1CCCCN1C)C(=O)N(C)[C@H](C[C@@H](O)c1nc(C(=O)N[C@H](CCC[C@H](C)C(=O)O)Cc2ccc(-c3ccccc3)cc2)cs1)C(C)C. The van der Waals surface area contributed by atoms with Gasteiger partial charge in [-0.2, -0.15) is 0 Å². The molecule has 1 aromatic heterocycles. The Hall–Kier alpha value is -4.13. The second kappa shape index (κ2) is 21.4. The molecule has 56 heavy (non-hydrogen) atoms. The number of carboxylic acid groups (broad SMARTS) is 1. The Morgan fingerprint density at radius 1 is 0.964 bits per heavy atom. The molecule has 0 saturated carbocycles. The molecular formula is C44H63N5O6S. The molecule has 2 heterocycles. The van der Waals surface area contributed by atoms with Crippen LogP contribution in [0.1, 0.15) is 113 Å². The lowest BCUT2D eigenvalue weighted by Crippen LogP contribution is -2.58. The van der Waals surface area contributed by atoms with Crippen molar-refractivity contribution in [3.05, 3.63) is 76.2 Å². The van der Waals surface area contributed by atoms with E-state index in [4.69, 9.17) is 0 Å². The van der Waals surface area contributed by atoms with Crippen molar-refractivity contribution in [3.63, 3.8) is 0 Å². The molecule has 306 valence electrons. The summed E-state index contributed by atoms with van der Waals surface area (Å²) in [6.07, 6.45) is 5.00. The third kappa shape index (κ3) is 12.4. The summed E-state index contributed by atoms with van der Waals surface area (Å²) in [7, 11) is 3.69. The maximum Gasteiger partial charge on any atom is 0.306 e. The minimum Gasteiger partial charge on any atom is -0.481 e. The number of benzene rings is 2. The van der Waals surface area contributed by atoms with Gasteiger partial charge in [0.15, 0.2) is 0 Å². The van der Waals surface area contributed by atoms with Gasteiger partial charge < -0.3 is 25.7 Å². The number of carbonyl (C=O) groups is 4. The number of aliphatic hydroxyl groups is 1. The normalized spacial score (nSPS) is 18.0. The number of carboxylic acids is 1. The summed E-state index contributed by atoms with van der Waals surface area (Å²) >= 11 is 1.20. The second-order valence-electron chi connectivity index (χ2n) is 16.1. The average Bonchev–Trinajstić information content (AvgIpc) is 3.70. The summed E-state index contributed by atoms with van der Waals surface area (Å²) in [6, 6.07) is 16.8. The fourth-order valence-corrected chi connectivity index (χ4v) is 8.30. The standard InChI is InChI=1S/C44H63N5O6S/c1-8-29(4)39(47-41(52)36-19-12-13-24-48(36)6)43(53)49(7)37(28(2)3)26-38(50)42-46-35(27-56-42)40(51)45-34(18-14-15-30(5)44(54)55)25-31-20-22-33(23-21-31)32-16-10-9-11-17-32/h9-11,16-17,20-23,27-30,34,36-39,50H,8,12-15,18-19,24-26H2,1-7H3,(H,45,51)(H,47,52)(H,54,55)/t29?,30-,34+,36+,37+,38+,39-/m0/s1. The molecule has 0 spiro atoms. The minimum atomic E-state index is -1.02. The summed E-state index contributed by atoms with van der Waals surface area (Å²) in [6.45, 7) is 10.5. The number of nitrogens with zero attached hydrogens (tertiary/aromatic N) is 3. The van der Waals surface area contributed by atoms with E-state index in [1.54, 1.807) is 24.3 Å². The number of hydrogen-bond acceptors (Lipinski definition) is 8. The van der Waals surface area contributed by atoms with Crippen molar-refractivity contribution in [1.82, 2.24) is 25.4 Å². The first kappa shape index (κ1) is 44.6. The zero-order chi connectivity index (χ0) is 40.9. The molecule has 3 aromatic rings. The summed E-state index contributed by atoms with van der Waals surface area (Å²) in [4.78, 5) is 60.8. The van der Waals surface area contributed by atoms with E-state index < -0.39 is 24.0 Å². The van der Waals surface area contributed by atoms with Crippen molar-refractivity contribution in [2.75, 3.05) is 20.6 Å². The summed E-state index contributed by atoms with van der Waals surface area (Å²) in [5.74, 6) is -2.08. The number of aromatic nitrogens is 1. The topological polar surface area (TPSA) is 152 Å². The molecule has 0 bridgehead atoms. The van der Waals surface area contributed by atoms with E-state index >= 15 is 0 Å². The first-order valence-electron chi connectivity index (χ1n) is 20.3. The fraction of sp³-hybridized carbons (Fsp3) is 0.568. The Labute approximate surface area is 337 Å². The molecular weight excluding hydrogens is 727 g/mol. The summed E-state index contributed by atoms with van der Waals surface area (Å²) in [5.41, 5.74) is 3.46. The lowest BCUT2D eigenvalue weighted by Gasteiger charge is -2.38. The van der Waals surface area contributed by atoms with Crippen molar-refractivity contribution in [2.45, 2.75) is 123 Å². The first-order chi connectivity index (χ1) is 26.7. The molecule has 1 saturated heterocycles. The van der Waals surface area contributed by atoms with Crippen molar-refractivity contribution in [2.24, 2.45) is 17.8 Å². The third-order valence-electron chi connectivity index (χ3n) is 11.5. The Balaban J connectivity index is 1.43. The maximum absolute atomic E-state index is 14.1. The van der Waals surface area contributed by atoms with Crippen LogP contribution in [0.3, 0.4) is 0 Å². The molecule has 0 radical (unpaired) electrons. The van der Waals surface area contributed by atoms with Crippen LogP contribution < -0.4 is 10.6 Å². The molecule has 12 heteroatoms. The molecule has 4 rings (SSSR count). The Morgan fingerprint density at radius 3 is 2.27 bits per heavy atom. The molecule has 1 unspecified atom stereocenters. The van der Waals surface area contributed by atoms with Gasteiger partial charge in [0.05, 0.1) is 12.0 Å². The Bertz CT molecular complexity index is 1720. The molecule has 3 amide bonds. The largest absolute Gasteiger partial charge is 0.481 e. The third-order valence-corrected chi connectivity index (χ3v) is 12.4. The van der Waals surface area contributed by atoms with E-state index in [9.17, 15) is 29.4 Å². The highest BCUT2D eigenvalue weighted by atomic mass is 32.1. The number of amides is 3. The zero-order valence-electron chi connectivity index (χ0n) is 34.2. The lowest BCUT2D eigenvalue weighted by atomic mass is 9.92. The van der Waals surface area contributed by atoms with Crippen LogP contribution in [0, 0.1) is 17.8 Å². The first-order valence-corrected chi connectivity index (χ1v) is 21.2. The molecule has 1 aliphatic heterocycles. The maximum atomic E-state index is 14.1. The Morgan fingerprint density at radius 2 is 1.64 bits per heavy atom. The monoisotopic (exact) mass is 789 g/mol. The van der Waals surface area contributed by atoms with Gasteiger partial charge in [0, 0.05) is 30.9 Å². The highest BCUT2D eigenvalue weighted by molar-refractivity contribution is 7.09. The number of aliphatic carboxylic acids is 1. The second-order valence-corrected chi connectivity index (χ2v) is 16.9. The number of rotatable bonds is 20. The van der Waals surface area contributed by atoms with Gasteiger partial charge in [-0.1, -0.05) is 108 Å². The quantitative estimate of drug-likeness (QED) is 0.0959. The van der Waals surface area contributed by atoms with E-state index in [2.05, 4.69) is 56.9 Å². The van der Waals surface area contributed by atoms with Crippen LogP contribution in [0.15, 0.2) is 60.0 Å². The van der Waals surface area contributed by atoms with Crippen LogP contribution in [0.5, 0.6) is 0 Å². The van der Waals surface area contributed by atoms with Crippen molar-refractivity contribution >= 4 is 35.0 Å². The number of carbonyl (C=O) groups excluding carboxylic acids is 3. The van der Waals surface area contributed by atoms with Crippen LogP contribution in [0.25, 0.3) is 11.1 Å². The van der Waals surface area contributed by atoms with Gasteiger partial charge >= 0.3 is 5.97 Å². The number of piperidine rings is 1. The van der Waals surface area contributed by atoms with Crippen LogP contribution in [-0.4, -0.2) is 93.5 Å². The van der Waals surface area contributed by atoms with Gasteiger partial charge in [-0.05, 0) is 74.2 Å². The van der Waals surface area contributed by atoms with Crippen molar-refractivity contribution in [1.29, 1.82) is 0 Å². The van der Waals surface area contributed by atoms with Crippen LogP contribution in [-0.2, 0) is 20.8 Å². The summed E-state index contributed by atoms with van der Waals surface area (Å²) < 4.78 is 0. The molecule has 4 N–H and O–H groups in total. The van der Waals surface area contributed by atoms with Gasteiger partial charge in [0.2, 0.25) is 11.8 Å². The number of likely N-dealkylation sites (N-methyl/N-ethyl adjacent to an activating group) is 2. The van der Waals surface area contributed by atoms with Gasteiger partial charge in [0.25, 0.3) is 5.91 Å². The van der Waals surface area contributed by atoms with Gasteiger partial charge in [0.1, 0.15) is 22.8 Å². The lowest BCUT2D eigenvalue weighted by molar-refractivity contribution is -0.141. The number of nitrogens with one attached hydrogen (secondary N) is 2. The molecule has 1 fully saturated rings. The molecule has 7 atom stereocenters. The fourth-order valence-electron chi connectivity index (χ4n) is 7.50. The number of aliphatic hydroxyl groups excluding tert-OH is 1. The van der Waals surface area contributed by atoms with Gasteiger partial charge in [-0.15, -0.1) is 11.3 Å². The predicted octanol–water partition coefficient (Wildman–Crippen LogP) is 6.96. The van der Waals surface area contributed by atoms with Crippen LogP contribution >= 0.6 is 11.3 Å². The van der Waals surface area contributed by atoms with Gasteiger partial charge in [-0.25, -0.2) is 4.98 Å². The predicted molar refractivity (Wildman–Crippen MR) is 222 cm³/mol. The van der Waals surface area contributed by atoms with Gasteiger partial charge in [-0.3, -0.25) is 24.1 Å². The van der Waals surface area contributed by atoms with E-state index in [-0.39, 0.29) is 59.8 Å². The van der Waals surface area contributed by atoms with E-state index in [0.29, 0.717) is 37.1 Å². The molecule has 0 aliphatic carbocycles. The smallest absolute Gasteiger partial charge is 0.306 e. The molecule has 2 aromatic carbocycles. The van der Waals surface area contributed by atoms with E-state index in [1.165, 1.54) is 11.3 Å². The number of thiazole rings is 1. The summed E-state index contributed by atoms with van der Waals surface area (Å²) in [5, 5.41) is 29.1. The highest BCUT2D eigenvalue weighted by Gasteiger charge is 2.36. The van der Waals surface area contributed by atoms with Crippen molar-refractivity contribution in [3.8, 4) is 11.1 Å². The number of hydrogen-bond donors (Lipinski definition) is 4. The zero-order valence-corrected chi connectivity index (χ0v) is 35.1. The molecule has 1 aliphatic rings. The number of likely N-dealkylation sites (tertiary alicyclic amines) is 1. The van der Waals surface area contributed by atoms with Crippen molar-refractivity contribution < 1.29 is 29.4 Å². The highest BCUT2D eigenvalue weighted by Crippen LogP contribution is 2.29. The average molecular weight is 790 g/mol. The van der Waals surface area contributed by atoms with Crippen LogP contribution in [0.2, 0.25) is 0 Å². The van der Waals surface area contributed by atoms with Crippen LogP contribution in [0.4, 0.5) is 0 Å². The minimum absolute atomic E-state index is 0.00884. The van der Waals surface area contributed by atoms with E-state index in [1.807, 2.05) is 52.9 Å². The molecule has 11 nitrogen and oxygen atoms in total.